The molecule has 2 heterocycles. The number of rotatable bonds is 4. The monoisotopic (exact) mass is 375 g/mol. The van der Waals surface area contributed by atoms with E-state index in [0.29, 0.717) is 16.6 Å². The SMILES string of the molecule is COC(=O)C1=C(C(=O)OC)N(c2ccc3[nH]nc(C(=O)OC)c3c2)COC1. The van der Waals surface area contributed by atoms with E-state index in [1.165, 1.54) is 26.2 Å². The minimum atomic E-state index is -0.709. The third-order valence-electron chi connectivity index (χ3n) is 4.07. The van der Waals surface area contributed by atoms with Crippen LogP contribution in [0.5, 0.6) is 0 Å². The van der Waals surface area contributed by atoms with Crippen molar-refractivity contribution in [1.82, 2.24) is 10.2 Å². The Hall–Kier alpha value is -3.40. The number of anilines is 1. The molecule has 0 atom stereocenters. The number of H-pyrrole nitrogens is 1. The van der Waals surface area contributed by atoms with Gasteiger partial charge in [-0.1, -0.05) is 0 Å². The molecule has 3 rings (SSSR count). The van der Waals surface area contributed by atoms with E-state index in [1.54, 1.807) is 18.2 Å². The Balaban J connectivity index is 2.14. The molecule has 0 amide bonds. The molecular weight excluding hydrogens is 358 g/mol. The van der Waals surface area contributed by atoms with Crippen molar-refractivity contribution >= 4 is 34.5 Å². The zero-order chi connectivity index (χ0) is 19.6. The summed E-state index contributed by atoms with van der Waals surface area (Å²) in [6.07, 6.45) is 0. The van der Waals surface area contributed by atoms with Crippen LogP contribution in [0.2, 0.25) is 0 Å². The van der Waals surface area contributed by atoms with Gasteiger partial charge in [-0.05, 0) is 18.2 Å². The lowest BCUT2D eigenvalue weighted by Gasteiger charge is -2.31. The second kappa shape index (κ2) is 7.46. The molecule has 10 heteroatoms. The summed E-state index contributed by atoms with van der Waals surface area (Å²) in [4.78, 5) is 37.8. The van der Waals surface area contributed by atoms with Crippen molar-refractivity contribution in [3.8, 4) is 0 Å². The van der Waals surface area contributed by atoms with Gasteiger partial charge in [-0.2, -0.15) is 5.10 Å². The maximum Gasteiger partial charge on any atom is 0.359 e. The summed E-state index contributed by atoms with van der Waals surface area (Å²) in [5.41, 5.74) is 1.25. The predicted octanol–water partition coefficient (Wildman–Crippen LogP) is 0.744. The van der Waals surface area contributed by atoms with E-state index in [9.17, 15) is 14.4 Å². The average Bonchev–Trinajstić information content (AvgIpc) is 3.14. The lowest BCUT2D eigenvalue weighted by molar-refractivity contribution is -0.140. The van der Waals surface area contributed by atoms with Crippen molar-refractivity contribution in [3.05, 3.63) is 35.2 Å². The third-order valence-corrected chi connectivity index (χ3v) is 4.07. The molecule has 1 N–H and O–H groups in total. The van der Waals surface area contributed by atoms with Gasteiger partial charge in [0.05, 0.1) is 39.0 Å². The summed E-state index contributed by atoms with van der Waals surface area (Å²) in [5, 5.41) is 7.18. The van der Waals surface area contributed by atoms with Gasteiger partial charge in [-0.3, -0.25) is 5.10 Å². The fourth-order valence-corrected chi connectivity index (χ4v) is 2.77. The second-order valence-electron chi connectivity index (χ2n) is 5.51. The maximum atomic E-state index is 12.3. The van der Waals surface area contributed by atoms with Crippen molar-refractivity contribution in [3.63, 3.8) is 0 Å². The molecule has 0 fully saturated rings. The number of nitrogens with zero attached hydrogens (tertiary/aromatic N) is 2. The Bertz CT molecular complexity index is 947. The van der Waals surface area contributed by atoms with E-state index in [0.717, 1.165) is 0 Å². The van der Waals surface area contributed by atoms with Crippen LogP contribution in [0.3, 0.4) is 0 Å². The van der Waals surface area contributed by atoms with Crippen molar-refractivity contribution in [2.75, 3.05) is 39.6 Å². The number of nitrogens with one attached hydrogen (secondary N) is 1. The second-order valence-corrected chi connectivity index (χ2v) is 5.51. The van der Waals surface area contributed by atoms with E-state index in [-0.39, 0.29) is 30.3 Å². The molecule has 27 heavy (non-hydrogen) atoms. The summed E-state index contributed by atoms with van der Waals surface area (Å²) in [6, 6.07) is 5.01. The van der Waals surface area contributed by atoms with E-state index >= 15 is 0 Å². The van der Waals surface area contributed by atoms with E-state index in [2.05, 4.69) is 10.2 Å². The fourth-order valence-electron chi connectivity index (χ4n) is 2.77. The molecule has 142 valence electrons. The van der Waals surface area contributed by atoms with Gasteiger partial charge in [0.15, 0.2) is 5.69 Å². The van der Waals surface area contributed by atoms with Crippen LogP contribution in [-0.4, -0.2) is 62.8 Å². The van der Waals surface area contributed by atoms with Crippen molar-refractivity contribution in [2.45, 2.75) is 0 Å². The van der Waals surface area contributed by atoms with Crippen LogP contribution >= 0.6 is 0 Å². The molecule has 1 aliphatic heterocycles. The predicted molar refractivity (Wildman–Crippen MR) is 91.8 cm³/mol. The van der Waals surface area contributed by atoms with Gasteiger partial charge in [-0.25, -0.2) is 14.4 Å². The lowest BCUT2D eigenvalue weighted by atomic mass is 10.1. The molecule has 2 aromatic rings. The Morgan fingerprint density at radius 3 is 2.44 bits per heavy atom. The normalized spacial score (nSPS) is 14.3. The summed E-state index contributed by atoms with van der Waals surface area (Å²) in [5.74, 6) is -2.01. The molecule has 0 aliphatic carbocycles. The van der Waals surface area contributed by atoms with Crippen LogP contribution in [0.15, 0.2) is 29.5 Å². The standard InChI is InChI=1S/C17H17N3O7/c1-24-15(21)11-7-27-8-20(14(11)17(23)26-3)9-4-5-12-10(6-9)13(19-18-12)16(22)25-2/h4-6H,7-8H2,1-3H3,(H,18,19). The molecule has 0 radical (unpaired) electrons. The summed E-state index contributed by atoms with van der Waals surface area (Å²) in [7, 11) is 3.68. The smallest absolute Gasteiger partial charge is 0.359 e. The number of methoxy groups -OCH3 is 3. The number of carbonyl (C=O) groups excluding carboxylic acids is 3. The summed E-state index contributed by atoms with van der Waals surface area (Å²) >= 11 is 0. The molecule has 1 aromatic carbocycles. The zero-order valence-corrected chi connectivity index (χ0v) is 14.9. The summed E-state index contributed by atoms with van der Waals surface area (Å²) in [6.45, 7) is -0.0865. The Morgan fingerprint density at radius 2 is 1.78 bits per heavy atom. The van der Waals surface area contributed by atoms with Gasteiger partial charge < -0.3 is 23.8 Å². The van der Waals surface area contributed by atoms with Gasteiger partial charge in [0.2, 0.25) is 0 Å². The van der Waals surface area contributed by atoms with Crippen LogP contribution in [0, 0.1) is 0 Å². The first-order chi connectivity index (χ1) is 13.0. The quantitative estimate of drug-likeness (QED) is 0.609. The Labute approximate surface area is 153 Å². The summed E-state index contributed by atoms with van der Waals surface area (Å²) < 4.78 is 19.7. The van der Waals surface area contributed by atoms with Crippen molar-refractivity contribution < 1.29 is 33.3 Å². The number of aromatic amines is 1. The number of fused-ring (bicyclic) bond motifs is 1. The highest BCUT2D eigenvalue weighted by molar-refractivity contribution is 6.05. The van der Waals surface area contributed by atoms with Crippen LogP contribution in [-0.2, 0) is 28.5 Å². The first-order valence-corrected chi connectivity index (χ1v) is 7.83. The first-order valence-electron chi connectivity index (χ1n) is 7.83. The number of aromatic nitrogens is 2. The fraction of sp³-hybridized carbons (Fsp3) is 0.294. The minimum Gasteiger partial charge on any atom is -0.466 e. The molecule has 0 bridgehead atoms. The van der Waals surface area contributed by atoms with Crippen molar-refractivity contribution in [1.29, 1.82) is 0 Å². The lowest BCUT2D eigenvalue weighted by Crippen LogP contribution is -2.38. The molecule has 10 nitrogen and oxygen atoms in total. The number of hydrogen-bond donors (Lipinski definition) is 1. The largest absolute Gasteiger partial charge is 0.466 e. The Morgan fingerprint density at radius 1 is 1.07 bits per heavy atom. The van der Waals surface area contributed by atoms with Gasteiger partial charge in [0.1, 0.15) is 12.4 Å². The average molecular weight is 375 g/mol. The van der Waals surface area contributed by atoms with Gasteiger partial charge in [0, 0.05) is 11.1 Å². The number of esters is 3. The highest BCUT2D eigenvalue weighted by Gasteiger charge is 2.32. The van der Waals surface area contributed by atoms with Crippen molar-refractivity contribution in [2.24, 2.45) is 0 Å². The Kier molecular flexibility index (Phi) is 5.08. The number of ether oxygens (including phenoxy) is 4. The molecule has 1 aliphatic rings. The number of benzene rings is 1. The minimum absolute atomic E-state index is 0.00183. The number of carbonyl (C=O) groups is 3. The van der Waals surface area contributed by atoms with Crippen LogP contribution in [0.1, 0.15) is 10.5 Å². The van der Waals surface area contributed by atoms with E-state index in [4.69, 9.17) is 18.9 Å². The molecule has 1 aromatic heterocycles. The highest BCUT2D eigenvalue weighted by atomic mass is 16.5. The number of hydrogen-bond acceptors (Lipinski definition) is 9. The molecule has 0 saturated carbocycles. The topological polar surface area (TPSA) is 120 Å². The maximum absolute atomic E-state index is 12.3. The van der Waals surface area contributed by atoms with Crippen LogP contribution in [0.25, 0.3) is 10.9 Å². The van der Waals surface area contributed by atoms with Gasteiger partial charge >= 0.3 is 17.9 Å². The van der Waals surface area contributed by atoms with Gasteiger partial charge in [0.25, 0.3) is 0 Å². The molecular formula is C17H17N3O7. The third kappa shape index (κ3) is 3.22. The van der Waals surface area contributed by atoms with E-state index < -0.39 is 17.9 Å². The highest BCUT2D eigenvalue weighted by Crippen LogP contribution is 2.30. The van der Waals surface area contributed by atoms with Crippen LogP contribution in [0.4, 0.5) is 5.69 Å². The molecule has 0 unspecified atom stereocenters. The molecule has 0 saturated heterocycles. The molecule has 0 spiro atoms. The van der Waals surface area contributed by atoms with Crippen LogP contribution < -0.4 is 4.90 Å². The van der Waals surface area contributed by atoms with Gasteiger partial charge in [-0.15, -0.1) is 0 Å². The van der Waals surface area contributed by atoms with E-state index in [1.807, 2.05) is 0 Å². The first kappa shape index (κ1) is 18.4. The zero-order valence-electron chi connectivity index (χ0n) is 14.9.